The number of hydrogen-bond acceptors (Lipinski definition) is 6. The highest BCUT2D eigenvalue weighted by molar-refractivity contribution is 7.09. The Kier molecular flexibility index (Phi) is 7.65. The second kappa shape index (κ2) is 9.74. The fourth-order valence-electron chi connectivity index (χ4n) is 2.95. The third-order valence-electron chi connectivity index (χ3n) is 4.21. The molecule has 134 valence electrons. The van der Waals surface area contributed by atoms with Gasteiger partial charge in [0.25, 0.3) is 0 Å². The lowest BCUT2D eigenvalue weighted by atomic mass is 10.1. The van der Waals surface area contributed by atoms with Crippen LogP contribution in [0.2, 0.25) is 0 Å². The van der Waals surface area contributed by atoms with Crippen LogP contribution in [0.3, 0.4) is 0 Å². The minimum atomic E-state index is -0.442. The first-order valence-electron chi connectivity index (χ1n) is 8.55. The Morgan fingerprint density at radius 2 is 2.12 bits per heavy atom. The second-order valence-electron chi connectivity index (χ2n) is 5.91. The van der Waals surface area contributed by atoms with E-state index in [1.54, 1.807) is 5.38 Å². The predicted molar refractivity (Wildman–Crippen MR) is 91.9 cm³/mol. The number of carbonyl (C=O) groups is 2. The van der Waals surface area contributed by atoms with Gasteiger partial charge in [0.15, 0.2) is 5.69 Å². The largest absolute Gasteiger partial charge is 0.464 e. The average Bonchev–Trinajstić information content (AvgIpc) is 3.28. The molecule has 1 aliphatic carbocycles. The SMILES string of the molecule is CCOCCCN(Cc1nc(C(=O)OC)cs1)C(=O)C1CCCC1. The van der Waals surface area contributed by atoms with Gasteiger partial charge in [0.2, 0.25) is 5.91 Å². The molecule has 1 amide bonds. The van der Waals surface area contributed by atoms with Gasteiger partial charge in [-0.05, 0) is 26.2 Å². The summed E-state index contributed by atoms with van der Waals surface area (Å²) in [5.41, 5.74) is 0.306. The van der Waals surface area contributed by atoms with Crippen LogP contribution in [-0.2, 0) is 20.8 Å². The van der Waals surface area contributed by atoms with Crippen molar-refractivity contribution in [3.63, 3.8) is 0 Å². The van der Waals surface area contributed by atoms with Crippen LogP contribution in [-0.4, -0.2) is 48.6 Å². The van der Waals surface area contributed by atoms with Crippen LogP contribution < -0.4 is 0 Å². The summed E-state index contributed by atoms with van der Waals surface area (Å²) in [6.07, 6.45) is 5.03. The zero-order valence-corrected chi connectivity index (χ0v) is 15.3. The first kappa shape index (κ1) is 18.9. The predicted octanol–water partition coefficient (Wildman–Crippen LogP) is 2.88. The summed E-state index contributed by atoms with van der Waals surface area (Å²) in [5, 5.41) is 2.44. The van der Waals surface area contributed by atoms with Crippen molar-refractivity contribution in [1.82, 2.24) is 9.88 Å². The molecule has 0 N–H and O–H groups in total. The van der Waals surface area contributed by atoms with Gasteiger partial charge in [-0.2, -0.15) is 0 Å². The van der Waals surface area contributed by atoms with E-state index < -0.39 is 5.97 Å². The van der Waals surface area contributed by atoms with Crippen LogP contribution in [0.5, 0.6) is 0 Å². The molecular formula is C17H26N2O4S. The molecule has 1 aromatic heterocycles. The van der Waals surface area contributed by atoms with Gasteiger partial charge in [-0.15, -0.1) is 11.3 Å². The Bertz CT molecular complexity index is 540. The fourth-order valence-corrected chi connectivity index (χ4v) is 3.72. The maximum atomic E-state index is 12.8. The first-order valence-corrected chi connectivity index (χ1v) is 9.43. The topological polar surface area (TPSA) is 68.7 Å². The van der Waals surface area contributed by atoms with E-state index in [2.05, 4.69) is 9.72 Å². The van der Waals surface area contributed by atoms with Gasteiger partial charge in [-0.1, -0.05) is 12.8 Å². The van der Waals surface area contributed by atoms with E-state index in [-0.39, 0.29) is 11.8 Å². The van der Waals surface area contributed by atoms with Crippen LogP contribution in [0, 0.1) is 5.92 Å². The molecule has 0 bridgehead atoms. The van der Waals surface area contributed by atoms with Crippen LogP contribution in [0.4, 0.5) is 0 Å². The number of nitrogens with zero attached hydrogens (tertiary/aromatic N) is 2. The third kappa shape index (κ3) is 5.27. The molecule has 0 aliphatic heterocycles. The number of thiazole rings is 1. The van der Waals surface area contributed by atoms with E-state index in [1.807, 2.05) is 11.8 Å². The van der Waals surface area contributed by atoms with Crippen LogP contribution >= 0.6 is 11.3 Å². The van der Waals surface area contributed by atoms with E-state index >= 15 is 0 Å². The van der Waals surface area contributed by atoms with E-state index in [0.717, 1.165) is 37.1 Å². The number of hydrogen-bond donors (Lipinski definition) is 0. The summed E-state index contributed by atoms with van der Waals surface area (Å²) in [5.74, 6) is -0.0986. The number of rotatable bonds is 9. The molecule has 7 heteroatoms. The number of aromatic nitrogens is 1. The molecule has 24 heavy (non-hydrogen) atoms. The standard InChI is InChI=1S/C17H26N2O4S/c1-3-23-10-6-9-19(16(20)13-7-4-5-8-13)11-15-18-14(12-24-15)17(21)22-2/h12-13H,3-11H2,1-2H3. The molecule has 0 spiro atoms. The Labute approximate surface area is 147 Å². The summed E-state index contributed by atoms with van der Waals surface area (Å²) < 4.78 is 10.1. The zero-order valence-electron chi connectivity index (χ0n) is 14.5. The average molecular weight is 354 g/mol. The van der Waals surface area contributed by atoms with Crippen molar-refractivity contribution < 1.29 is 19.1 Å². The summed E-state index contributed by atoms with van der Waals surface area (Å²) in [6.45, 7) is 4.40. The molecule has 0 unspecified atom stereocenters. The maximum absolute atomic E-state index is 12.8. The van der Waals surface area contributed by atoms with Crippen molar-refractivity contribution >= 4 is 23.2 Å². The van der Waals surface area contributed by atoms with E-state index in [4.69, 9.17) is 4.74 Å². The summed E-state index contributed by atoms with van der Waals surface area (Å²) in [7, 11) is 1.34. The number of carbonyl (C=O) groups excluding carboxylic acids is 2. The highest BCUT2D eigenvalue weighted by Gasteiger charge is 2.27. The molecule has 0 aromatic carbocycles. The van der Waals surface area contributed by atoms with E-state index in [9.17, 15) is 9.59 Å². The molecular weight excluding hydrogens is 328 g/mol. The smallest absolute Gasteiger partial charge is 0.357 e. The van der Waals surface area contributed by atoms with Gasteiger partial charge < -0.3 is 14.4 Å². The van der Waals surface area contributed by atoms with E-state index in [0.29, 0.717) is 32.0 Å². The maximum Gasteiger partial charge on any atom is 0.357 e. The molecule has 0 radical (unpaired) electrons. The molecule has 1 aromatic rings. The minimum Gasteiger partial charge on any atom is -0.464 e. The molecule has 1 fully saturated rings. The van der Waals surface area contributed by atoms with Crippen molar-refractivity contribution in [2.24, 2.45) is 5.92 Å². The Balaban J connectivity index is 1.99. The second-order valence-corrected chi connectivity index (χ2v) is 6.85. The lowest BCUT2D eigenvalue weighted by Gasteiger charge is -2.24. The molecule has 1 heterocycles. The van der Waals surface area contributed by atoms with Crippen molar-refractivity contribution in [2.75, 3.05) is 26.9 Å². The van der Waals surface area contributed by atoms with Gasteiger partial charge >= 0.3 is 5.97 Å². The summed E-state index contributed by atoms with van der Waals surface area (Å²) in [4.78, 5) is 30.5. The summed E-state index contributed by atoms with van der Waals surface area (Å²) in [6, 6.07) is 0. The monoisotopic (exact) mass is 354 g/mol. The Morgan fingerprint density at radius 1 is 1.38 bits per heavy atom. The highest BCUT2D eigenvalue weighted by atomic mass is 32.1. The number of methoxy groups -OCH3 is 1. The highest BCUT2D eigenvalue weighted by Crippen LogP contribution is 2.27. The number of esters is 1. The molecule has 2 rings (SSSR count). The zero-order chi connectivity index (χ0) is 17.4. The van der Waals surface area contributed by atoms with Gasteiger partial charge in [0.1, 0.15) is 5.01 Å². The van der Waals surface area contributed by atoms with Gasteiger partial charge in [-0.3, -0.25) is 4.79 Å². The van der Waals surface area contributed by atoms with E-state index in [1.165, 1.54) is 18.4 Å². The minimum absolute atomic E-state index is 0.136. The molecule has 0 saturated heterocycles. The first-order chi connectivity index (χ1) is 11.7. The molecule has 6 nitrogen and oxygen atoms in total. The normalized spacial score (nSPS) is 14.8. The van der Waals surface area contributed by atoms with Gasteiger partial charge in [-0.25, -0.2) is 9.78 Å². The lowest BCUT2D eigenvalue weighted by Crippen LogP contribution is -2.36. The Morgan fingerprint density at radius 3 is 2.79 bits per heavy atom. The van der Waals surface area contributed by atoms with Crippen LogP contribution in [0.15, 0.2) is 5.38 Å². The quantitative estimate of drug-likeness (QED) is 0.504. The number of ether oxygens (including phenoxy) is 2. The van der Waals surface area contributed by atoms with Crippen LogP contribution in [0.1, 0.15) is 54.5 Å². The third-order valence-corrected chi connectivity index (χ3v) is 5.04. The lowest BCUT2D eigenvalue weighted by molar-refractivity contribution is -0.136. The van der Waals surface area contributed by atoms with Crippen LogP contribution in [0.25, 0.3) is 0 Å². The molecule has 0 atom stereocenters. The molecule has 1 aliphatic rings. The van der Waals surface area contributed by atoms with Gasteiger partial charge in [0.05, 0.1) is 13.7 Å². The molecule has 1 saturated carbocycles. The van der Waals surface area contributed by atoms with Crippen molar-refractivity contribution in [3.05, 3.63) is 16.1 Å². The fraction of sp³-hybridized carbons (Fsp3) is 0.706. The van der Waals surface area contributed by atoms with Crippen molar-refractivity contribution in [1.29, 1.82) is 0 Å². The number of amides is 1. The van der Waals surface area contributed by atoms with Crippen molar-refractivity contribution in [3.8, 4) is 0 Å². The van der Waals surface area contributed by atoms with Gasteiger partial charge in [0, 0.05) is 31.1 Å². The summed E-state index contributed by atoms with van der Waals surface area (Å²) >= 11 is 1.39. The Hall–Kier alpha value is -1.47. The van der Waals surface area contributed by atoms with Crippen molar-refractivity contribution in [2.45, 2.75) is 45.6 Å².